The lowest BCUT2D eigenvalue weighted by molar-refractivity contribution is 0.483. The molecule has 8 heteroatoms. The molecule has 1 heterocycles. The second-order valence-electron chi connectivity index (χ2n) is 7.34. The Hall–Kier alpha value is -3.75. The van der Waals surface area contributed by atoms with Crippen LogP contribution in [0.15, 0.2) is 83.8 Å². The van der Waals surface area contributed by atoms with Crippen molar-refractivity contribution in [2.75, 3.05) is 0 Å². The van der Waals surface area contributed by atoms with Crippen LogP contribution >= 0.6 is 0 Å². The molecule has 0 fully saturated rings. The molecule has 2 radical (unpaired) electrons. The van der Waals surface area contributed by atoms with Gasteiger partial charge >= 0.3 is 0 Å². The Bertz CT molecular complexity index is 1610. The van der Waals surface area contributed by atoms with Gasteiger partial charge in [0.25, 0.3) is 10.1 Å². The molecule has 0 amide bonds. The van der Waals surface area contributed by atoms with E-state index in [2.05, 4.69) is 10.2 Å². The van der Waals surface area contributed by atoms with Gasteiger partial charge in [-0.1, -0.05) is 72.2 Å². The molecule has 0 saturated heterocycles. The van der Waals surface area contributed by atoms with Gasteiger partial charge in [-0.05, 0) is 40.8 Å². The van der Waals surface area contributed by atoms with E-state index in [1.807, 2.05) is 60.7 Å². The molecule has 154 valence electrons. The number of hydrogen-bond acceptors (Lipinski definition) is 4. The van der Waals surface area contributed by atoms with E-state index in [0.717, 1.165) is 33.1 Å². The molecule has 6 nitrogen and oxygen atoms in total. The lowest BCUT2D eigenvalue weighted by Gasteiger charge is -2.05. The molecule has 0 aliphatic heterocycles. The predicted molar refractivity (Wildman–Crippen MR) is 127 cm³/mol. The Balaban J connectivity index is 1.46. The van der Waals surface area contributed by atoms with Gasteiger partial charge in [-0.3, -0.25) is 4.55 Å². The van der Waals surface area contributed by atoms with Crippen LogP contribution in [0.4, 0.5) is 0 Å². The highest BCUT2D eigenvalue weighted by molar-refractivity contribution is 7.86. The maximum Gasteiger partial charge on any atom is 0.295 e. The highest BCUT2D eigenvalue weighted by Crippen LogP contribution is 2.23. The fraction of sp³-hybridized carbons (Fsp3) is 0. The van der Waals surface area contributed by atoms with E-state index in [0.29, 0.717) is 5.56 Å². The zero-order valence-corrected chi connectivity index (χ0v) is 17.6. The second kappa shape index (κ2) is 7.74. The van der Waals surface area contributed by atoms with Gasteiger partial charge in [0.1, 0.15) is 23.8 Å². The van der Waals surface area contributed by atoms with E-state index >= 15 is 0 Å². The number of benzene rings is 4. The zero-order chi connectivity index (χ0) is 22.3. The van der Waals surface area contributed by atoms with Crippen molar-refractivity contribution < 1.29 is 13.0 Å². The Labute approximate surface area is 186 Å². The van der Waals surface area contributed by atoms with Crippen LogP contribution in [-0.2, 0) is 10.1 Å². The largest absolute Gasteiger partial charge is 0.295 e. The Kier molecular flexibility index (Phi) is 4.88. The third-order valence-corrected chi connectivity index (χ3v) is 6.08. The summed E-state index contributed by atoms with van der Waals surface area (Å²) < 4.78 is 32.7. The maximum atomic E-state index is 11.6. The Morgan fingerprint density at radius 1 is 0.875 bits per heavy atom. The summed E-state index contributed by atoms with van der Waals surface area (Å²) in [6, 6.07) is 23.9. The van der Waals surface area contributed by atoms with Crippen LogP contribution in [0.2, 0.25) is 0 Å². The van der Waals surface area contributed by atoms with Crippen LogP contribution in [-0.4, -0.2) is 35.8 Å². The van der Waals surface area contributed by atoms with Crippen molar-refractivity contribution in [1.82, 2.24) is 15.0 Å². The quantitative estimate of drug-likeness (QED) is 0.263. The number of fused-ring (bicyclic) bond motifs is 3. The topological polar surface area (TPSA) is 85.1 Å². The first-order valence-electron chi connectivity index (χ1n) is 9.79. The van der Waals surface area contributed by atoms with Crippen molar-refractivity contribution in [3.63, 3.8) is 0 Å². The minimum absolute atomic E-state index is 0.231. The Morgan fingerprint density at radius 3 is 2.44 bits per heavy atom. The number of aromatic nitrogens is 3. The summed E-state index contributed by atoms with van der Waals surface area (Å²) >= 11 is 0. The van der Waals surface area contributed by atoms with Crippen LogP contribution < -0.4 is 5.46 Å². The molecular formula is C24H16BN3O3S. The summed E-state index contributed by atoms with van der Waals surface area (Å²) in [6.07, 6.45) is 3.37. The Morgan fingerprint density at radius 2 is 1.66 bits per heavy atom. The first kappa shape index (κ1) is 20.2. The fourth-order valence-electron chi connectivity index (χ4n) is 3.58. The van der Waals surface area contributed by atoms with Gasteiger partial charge in [0.15, 0.2) is 0 Å². The second-order valence-corrected chi connectivity index (χ2v) is 8.73. The smallest absolute Gasteiger partial charge is 0.282 e. The molecule has 0 atom stereocenters. The SMILES string of the molecule is [B]c1ccc(/C=C/c2ccc(-n3nc4ccc5ccccc5c4n3)cc2)c(S(=O)(=O)O)c1. The van der Waals surface area contributed by atoms with E-state index in [1.54, 1.807) is 29.1 Å². The molecule has 0 aliphatic carbocycles. The van der Waals surface area contributed by atoms with Crippen LogP contribution in [0.5, 0.6) is 0 Å². The highest BCUT2D eigenvalue weighted by atomic mass is 32.2. The average Bonchev–Trinajstić information content (AvgIpc) is 3.23. The van der Waals surface area contributed by atoms with Gasteiger partial charge in [-0.25, -0.2) is 0 Å². The van der Waals surface area contributed by atoms with Gasteiger partial charge < -0.3 is 0 Å². The van der Waals surface area contributed by atoms with E-state index in [4.69, 9.17) is 7.85 Å². The molecule has 5 rings (SSSR count). The van der Waals surface area contributed by atoms with Gasteiger partial charge in [-0.2, -0.15) is 13.2 Å². The van der Waals surface area contributed by atoms with E-state index in [1.165, 1.54) is 6.07 Å². The normalized spacial score (nSPS) is 12.2. The van der Waals surface area contributed by atoms with Crippen LogP contribution in [0, 0.1) is 0 Å². The van der Waals surface area contributed by atoms with Crippen molar-refractivity contribution >= 4 is 57.4 Å². The van der Waals surface area contributed by atoms with Gasteiger partial charge in [0.2, 0.25) is 0 Å². The van der Waals surface area contributed by atoms with Crippen LogP contribution in [0.1, 0.15) is 11.1 Å². The van der Waals surface area contributed by atoms with Crippen molar-refractivity contribution in [3.8, 4) is 5.69 Å². The average molecular weight is 437 g/mol. The standard InChI is InChI=1S/C24H16BN3O3S/c25-19-11-9-18(23(15-19)32(29,30)31)8-5-16-6-12-20(13-7-16)28-26-22-14-10-17-3-1-2-4-21(17)24(22)27-28/h1-15H,(H,29,30,31)/b8-5+. The van der Waals surface area contributed by atoms with Crippen molar-refractivity contribution in [3.05, 3.63) is 90.0 Å². The zero-order valence-electron chi connectivity index (χ0n) is 16.8. The minimum atomic E-state index is -4.38. The molecule has 1 N–H and O–H groups in total. The van der Waals surface area contributed by atoms with Gasteiger partial charge in [-0.15, -0.1) is 10.2 Å². The molecule has 5 aromatic rings. The molecule has 0 saturated carbocycles. The molecule has 32 heavy (non-hydrogen) atoms. The first-order chi connectivity index (χ1) is 15.4. The fourth-order valence-corrected chi connectivity index (χ4v) is 4.30. The molecular weight excluding hydrogens is 421 g/mol. The number of nitrogens with zero attached hydrogens (tertiary/aromatic N) is 3. The van der Waals surface area contributed by atoms with Crippen molar-refractivity contribution in [1.29, 1.82) is 0 Å². The summed E-state index contributed by atoms with van der Waals surface area (Å²) in [5, 5.41) is 11.4. The van der Waals surface area contributed by atoms with Crippen molar-refractivity contribution in [2.24, 2.45) is 0 Å². The first-order valence-corrected chi connectivity index (χ1v) is 11.2. The monoisotopic (exact) mass is 437 g/mol. The maximum absolute atomic E-state index is 11.6. The molecule has 0 spiro atoms. The minimum Gasteiger partial charge on any atom is -0.282 e. The molecule has 4 aromatic carbocycles. The summed E-state index contributed by atoms with van der Waals surface area (Å²) in [7, 11) is 1.27. The summed E-state index contributed by atoms with van der Waals surface area (Å²) in [5.41, 5.74) is 3.90. The van der Waals surface area contributed by atoms with Crippen LogP contribution in [0.25, 0.3) is 39.6 Å². The number of rotatable bonds is 4. The van der Waals surface area contributed by atoms with Crippen LogP contribution in [0.3, 0.4) is 0 Å². The summed E-state index contributed by atoms with van der Waals surface area (Å²) in [6.45, 7) is 0. The third-order valence-electron chi connectivity index (χ3n) is 5.17. The third kappa shape index (κ3) is 3.81. The van der Waals surface area contributed by atoms with Crippen molar-refractivity contribution in [2.45, 2.75) is 4.90 Å². The van der Waals surface area contributed by atoms with Gasteiger partial charge in [0.05, 0.1) is 5.69 Å². The molecule has 1 aromatic heterocycles. The lowest BCUT2D eigenvalue weighted by Crippen LogP contribution is -2.08. The lowest BCUT2D eigenvalue weighted by atomic mass is 9.95. The van der Waals surface area contributed by atoms with E-state index in [-0.39, 0.29) is 10.4 Å². The van der Waals surface area contributed by atoms with E-state index < -0.39 is 10.1 Å². The van der Waals surface area contributed by atoms with Gasteiger partial charge in [0, 0.05) is 5.39 Å². The summed E-state index contributed by atoms with van der Waals surface area (Å²) in [4.78, 5) is 1.37. The molecule has 0 aliphatic rings. The highest BCUT2D eigenvalue weighted by Gasteiger charge is 2.14. The molecule has 0 unspecified atom stereocenters. The number of hydrogen-bond donors (Lipinski definition) is 1. The molecule has 0 bridgehead atoms. The van der Waals surface area contributed by atoms with E-state index in [9.17, 15) is 13.0 Å². The predicted octanol–water partition coefficient (Wildman–Crippen LogP) is 3.78. The summed E-state index contributed by atoms with van der Waals surface area (Å²) in [5.74, 6) is 0.